The van der Waals surface area contributed by atoms with Gasteiger partial charge in [-0.25, -0.2) is 9.78 Å². The molecule has 0 saturated heterocycles. The smallest absolute Gasteiger partial charge is 0.314 e. The second kappa shape index (κ2) is 7.22. The lowest BCUT2D eigenvalue weighted by atomic mass is 9.73. The lowest BCUT2D eigenvalue weighted by Gasteiger charge is -2.38. The number of hydrogen-bond acceptors (Lipinski definition) is 4. The van der Waals surface area contributed by atoms with Gasteiger partial charge in [0.25, 0.3) is 0 Å². The van der Waals surface area contributed by atoms with E-state index in [-0.39, 0.29) is 17.6 Å². The van der Waals surface area contributed by atoms with E-state index in [4.69, 9.17) is 0 Å². The molecule has 1 saturated carbocycles. The number of carbonyl (C=O) groups is 1. The van der Waals surface area contributed by atoms with Gasteiger partial charge in [-0.1, -0.05) is 19.8 Å². The number of nitrogens with one attached hydrogen (secondary N) is 2. The molecule has 1 aliphatic carbocycles. The largest absolute Gasteiger partial charge is 0.392 e. The SMILES string of the molecule is Cc1cnc(CCNC(=O)NCC2(C)CCCCC2O)s1. The summed E-state index contributed by atoms with van der Waals surface area (Å²) < 4.78 is 0. The van der Waals surface area contributed by atoms with E-state index < -0.39 is 0 Å². The van der Waals surface area contributed by atoms with Crippen molar-refractivity contribution in [3.63, 3.8) is 0 Å². The van der Waals surface area contributed by atoms with E-state index in [1.165, 1.54) is 4.88 Å². The second-order valence-corrected chi connectivity index (χ2v) is 7.46. The van der Waals surface area contributed by atoms with E-state index in [9.17, 15) is 9.90 Å². The molecule has 2 amide bonds. The maximum absolute atomic E-state index is 11.8. The third kappa shape index (κ3) is 4.68. The van der Waals surface area contributed by atoms with E-state index in [0.29, 0.717) is 13.1 Å². The lowest BCUT2D eigenvalue weighted by Crippen LogP contribution is -2.47. The van der Waals surface area contributed by atoms with Crippen molar-refractivity contribution in [1.29, 1.82) is 0 Å². The molecular weight excluding hydrogens is 286 g/mol. The number of aliphatic hydroxyl groups excluding tert-OH is 1. The molecule has 0 aromatic carbocycles. The first-order chi connectivity index (χ1) is 9.99. The van der Waals surface area contributed by atoms with Crippen LogP contribution in [0.1, 0.15) is 42.5 Å². The minimum absolute atomic E-state index is 0.165. The Balaban J connectivity index is 1.67. The number of nitrogens with zero attached hydrogens (tertiary/aromatic N) is 1. The summed E-state index contributed by atoms with van der Waals surface area (Å²) in [4.78, 5) is 17.3. The highest BCUT2D eigenvalue weighted by Crippen LogP contribution is 2.35. The van der Waals surface area contributed by atoms with Gasteiger partial charge < -0.3 is 15.7 Å². The maximum Gasteiger partial charge on any atom is 0.314 e. The van der Waals surface area contributed by atoms with Gasteiger partial charge in [-0.3, -0.25) is 0 Å². The summed E-state index contributed by atoms with van der Waals surface area (Å²) in [6, 6.07) is -0.165. The van der Waals surface area contributed by atoms with Crippen LogP contribution in [0.25, 0.3) is 0 Å². The van der Waals surface area contributed by atoms with Crippen LogP contribution in [0.15, 0.2) is 6.20 Å². The predicted octanol–water partition coefficient (Wildman–Crippen LogP) is 2.23. The summed E-state index contributed by atoms with van der Waals surface area (Å²) in [5, 5.41) is 16.9. The molecule has 0 spiro atoms. The number of aryl methyl sites for hydroxylation is 1. The molecule has 1 aromatic heterocycles. The molecule has 2 rings (SSSR count). The molecule has 2 unspecified atom stereocenters. The summed E-state index contributed by atoms with van der Waals surface area (Å²) in [6.07, 6.45) is 6.30. The van der Waals surface area contributed by atoms with Crippen molar-refractivity contribution in [3.05, 3.63) is 16.1 Å². The van der Waals surface area contributed by atoms with Crippen molar-refractivity contribution in [3.8, 4) is 0 Å². The van der Waals surface area contributed by atoms with Gasteiger partial charge in [0.05, 0.1) is 11.1 Å². The first kappa shape index (κ1) is 16.2. The molecule has 5 nitrogen and oxygen atoms in total. The van der Waals surface area contributed by atoms with Crippen LogP contribution in [0.3, 0.4) is 0 Å². The monoisotopic (exact) mass is 311 g/mol. The average molecular weight is 311 g/mol. The van der Waals surface area contributed by atoms with E-state index in [0.717, 1.165) is 37.1 Å². The molecule has 1 fully saturated rings. The van der Waals surface area contributed by atoms with Gasteiger partial charge in [-0.15, -0.1) is 11.3 Å². The van der Waals surface area contributed by atoms with Crippen LogP contribution in [-0.4, -0.2) is 35.3 Å². The average Bonchev–Trinajstić information content (AvgIpc) is 2.86. The molecule has 1 heterocycles. The van der Waals surface area contributed by atoms with Gasteiger partial charge in [0, 0.05) is 36.0 Å². The van der Waals surface area contributed by atoms with Crippen LogP contribution in [-0.2, 0) is 6.42 Å². The minimum Gasteiger partial charge on any atom is -0.392 e. The van der Waals surface area contributed by atoms with E-state index >= 15 is 0 Å². The van der Waals surface area contributed by atoms with E-state index in [1.54, 1.807) is 11.3 Å². The molecule has 6 heteroatoms. The Morgan fingerprint density at radius 1 is 1.52 bits per heavy atom. The Bertz CT molecular complexity index is 477. The second-order valence-electron chi connectivity index (χ2n) is 6.14. The molecule has 3 N–H and O–H groups in total. The number of rotatable bonds is 5. The molecule has 1 aromatic rings. The Morgan fingerprint density at radius 2 is 2.33 bits per heavy atom. The topological polar surface area (TPSA) is 74.2 Å². The number of urea groups is 1. The van der Waals surface area contributed by atoms with Crippen LogP contribution in [0.2, 0.25) is 0 Å². The zero-order chi connectivity index (χ0) is 15.3. The summed E-state index contributed by atoms with van der Waals surface area (Å²) in [5.41, 5.74) is -0.192. The first-order valence-corrected chi connectivity index (χ1v) is 8.42. The molecule has 2 atom stereocenters. The van der Waals surface area contributed by atoms with E-state index in [1.807, 2.05) is 13.1 Å². The first-order valence-electron chi connectivity index (χ1n) is 7.61. The molecule has 0 radical (unpaired) electrons. The van der Waals surface area contributed by atoms with Gasteiger partial charge in [0.1, 0.15) is 0 Å². The quantitative estimate of drug-likeness (QED) is 0.780. The standard InChI is InChI=1S/C15H25N3O2S/c1-11-9-17-13(21-11)6-8-16-14(20)18-10-15(2)7-4-3-5-12(15)19/h9,12,19H,3-8,10H2,1-2H3,(H2,16,18,20). The Hall–Kier alpha value is -1.14. The van der Waals surface area contributed by atoms with Crippen molar-refractivity contribution in [1.82, 2.24) is 15.6 Å². The van der Waals surface area contributed by atoms with Crippen LogP contribution in [0.4, 0.5) is 4.79 Å². The van der Waals surface area contributed by atoms with Gasteiger partial charge in [0.15, 0.2) is 0 Å². The minimum atomic E-state index is -0.315. The van der Waals surface area contributed by atoms with Gasteiger partial charge >= 0.3 is 6.03 Å². The summed E-state index contributed by atoms with van der Waals surface area (Å²) >= 11 is 1.66. The summed E-state index contributed by atoms with van der Waals surface area (Å²) in [7, 11) is 0. The fraction of sp³-hybridized carbons (Fsp3) is 0.733. The van der Waals surface area contributed by atoms with Crippen molar-refractivity contribution >= 4 is 17.4 Å². The van der Waals surface area contributed by atoms with Crippen LogP contribution in [0.5, 0.6) is 0 Å². The van der Waals surface area contributed by atoms with Gasteiger partial charge in [-0.05, 0) is 19.8 Å². The lowest BCUT2D eigenvalue weighted by molar-refractivity contribution is 0.00310. The molecule has 118 valence electrons. The summed E-state index contributed by atoms with van der Waals surface area (Å²) in [6.45, 7) is 5.18. The number of thiazole rings is 1. The Morgan fingerprint density at radius 3 is 3.00 bits per heavy atom. The number of aliphatic hydroxyl groups is 1. The van der Waals surface area contributed by atoms with Crippen LogP contribution >= 0.6 is 11.3 Å². The highest BCUT2D eigenvalue weighted by atomic mass is 32.1. The number of hydrogen-bond donors (Lipinski definition) is 3. The third-order valence-electron chi connectivity index (χ3n) is 4.23. The third-order valence-corrected chi connectivity index (χ3v) is 5.20. The molecule has 0 aliphatic heterocycles. The molecular formula is C15H25N3O2S. The molecule has 0 bridgehead atoms. The normalized spacial score (nSPS) is 25.6. The molecule has 21 heavy (non-hydrogen) atoms. The van der Waals surface area contributed by atoms with Crippen molar-refractivity contribution in [2.24, 2.45) is 5.41 Å². The van der Waals surface area contributed by atoms with Gasteiger partial charge in [0.2, 0.25) is 0 Å². The van der Waals surface area contributed by atoms with Crippen molar-refractivity contribution < 1.29 is 9.90 Å². The fourth-order valence-corrected chi connectivity index (χ4v) is 3.52. The number of aromatic nitrogens is 1. The zero-order valence-corrected chi connectivity index (χ0v) is 13.6. The number of carbonyl (C=O) groups excluding carboxylic acids is 1. The summed E-state index contributed by atoms with van der Waals surface area (Å²) in [5.74, 6) is 0. The molecule has 1 aliphatic rings. The van der Waals surface area contributed by atoms with E-state index in [2.05, 4.69) is 22.5 Å². The highest BCUT2D eigenvalue weighted by Gasteiger charge is 2.35. The van der Waals surface area contributed by atoms with Crippen molar-refractivity contribution in [2.45, 2.75) is 52.1 Å². The Labute approximate surface area is 130 Å². The maximum atomic E-state index is 11.8. The fourth-order valence-electron chi connectivity index (χ4n) is 2.73. The predicted molar refractivity (Wildman–Crippen MR) is 84.5 cm³/mol. The van der Waals surface area contributed by atoms with Crippen LogP contribution in [0, 0.1) is 12.3 Å². The number of amides is 2. The zero-order valence-electron chi connectivity index (χ0n) is 12.8. The highest BCUT2D eigenvalue weighted by molar-refractivity contribution is 7.11. The van der Waals surface area contributed by atoms with Crippen molar-refractivity contribution in [2.75, 3.05) is 13.1 Å². The van der Waals surface area contributed by atoms with Gasteiger partial charge in [-0.2, -0.15) is 0 Å². The Kier molecular flexibility index (Phi) is 5.58. The van der Waals surface area contributed by atoms with Crippen LogP contribution < -0.4 is 10.6 Å².